The van der Waals surface area contributed by atoms with E-state index >= 15 is 0 Å². The van der Waals surface area contributed by atoms with Crippen molar-refractivity contribution in [3.63, 3.8) is 0 Å². The minimum atomic E-state index is -3.95. The zero-order chi connectivity index (χ0) is 23.1. The molecule has 0 spiro atoms. The molecule has 8 nitrogen and oxygen atoms in total. The van der Waals surface area contributed by atoms with E-state index in [-0.39, 0.29) is 10.5 Å². The highest BCUT2D eigenvalue weighted by Crippen LogP contribution is 2.21. The summed E-state index contributed by atoms with van der Waals surface area (Å²) in [6.07, 6.45) is 0. The van der Waals surface area contributed by atoms with E-state index in [2.05, 4.69) is 10.0 Å². The number of carbonyl (C=O) groups excluding carboxylic acids is 2. The van der Waals surface area contributed by atoms with Crippen LogP contribution in [-0.2, 0) is 14.8 Å². The van der Waals surface area contributed by atoms with E-state index in [0.29, 0.717) is 23.6 Å². The van der Waals surface area contributed by atoms with Gasteiger partial charge in [-0.1, -0.05) is 36.4 Å². The third kappa shape index (κ3) is 5.64. The van der Waals surface area contributed by atoms with Gasteiger partial charge in [0.2, 0.25) is 5.91 Å². The molecule has 0 bridgehead atoms. The van der Waals surface area contributed by atoms with E-state index in [4.69, 9.17) is 10.5 Å². The molecule has 3 aromatic carbocycles. The van der Waals surface area contributed by atoms with Gasteiger partial charge >= 0.3 is 0 Å². The number of rotatable bonds is 9. The molecule has 166 valence electrons. The molecule has 0 radical (unpaired) electrons. The molecule has 0 aliphatic heterocycles. The van der Waals surface area contributed by atoms with Crippen LogP contribution in [0.3, 0.4) is 0 Å². The van der Waals surface area contributed by atoms with Crippen LogP contribution < -0.4 is 20.5 Å². The molecule has 0 aliphatic rings. The molecule has 9 heteroatoms. The average Bonchev–Trinajstić information content (AvgIpc) is 2.79. The van der Waals surface area contributed by atoms with Crippen LogP contribution in [0.5, 0.6) is 5.75 Å². The van der Waals surface area contributed by atoms with Gasteiger partial charge in [-0.2, -0.15) is 0 Å². The molecule has 1 atom stereocenters. The standard InChI is InChI=1S/C23H23N3O5S/c1-2-31-19-13-11-18(12-14-19)26-32(29,30)20-10-6-9-17(15-20)23(28)25-21(22(24)27)16-7-4-3-5-8-16/h3-15,21,26H,2H2,1H3,(H2,24,27)(H,25,28). The first kappa shape index (κ1) is 22.8. The van der Waals surface area contributed by atoms with Gasteiger partial charge in [0, 0.05) is 11.3 Å². The van der Waals surface area contributed by atoms with E-state index in [1.54, 1.807) is 54.6 Å². The maximum absolute atomic E-state index is 12.8. The molecule has 0 saturated heterocycles. The molecule has 0 aromatic heterocycles. The highest BCUT2D eigenvalue weighted by molar-refractivity contribution is 7.92. The quantitative estimate of drug-likeness (QED) is 0.459. The summed E-state index contributed by atoms with van der Waals surface area (Å²) in [7, 11) is -3.95. The Morgan fingerprint density at radius 3 is 2.28 bits per heavy atom. The number of nitrogens with two attached hydrogens (primary N) is 1. The van der Waals surface area contributed by atoms with Gasteiger partial charge in [-0.3, -0.25) is 14.3 Å². The molecule has 2 amide bonds. The number of hydrogen-bond acceptors (Lipinski definition) is 5. The van der Waals surface area contributed by atoms with E-state index in [1.165, 1.54) is 24.3 Å². The minimum Gasteiger partial charge on any atom is -0.494 e. The lowest BCUT2D eigenvalue weighted by atomic mass is 10.1. The van der Waals surface area contributed by atoms with Crippen LogP contribution in [0.2, 0.25) is 0 Å². The van der Waals surface area contributed by atoms with Gasteiger partial charge < -0.3 is 15.8 Å². The average molecular weight is 454 g/mol. The maximum Gasteiger partial charge on any atom is 0.261 e. The van der Waals surface area contributed by atoms with Gasteiger partial charge in [0.1, 0.15) is 11.8 Å². The molecule has 3 rings (SSSR count). The van der Waals surface area contributed by atoms with Gasteiger partial charge in [0.15, 0.2) is 0 Å². The summed E-state index contributed by atoms with van der Waals surface area (Å²) in [6, 6.07) is 19.5. The van der Waals surface area contributed by atoms with Crippen LogP contribution in [0.4, 0.5) is 5.69 Å². The minimum absolute atomic E-state index is 0.0711. The normalized spacial score (nSPS) is 11.9. The topological polar surface area (TPSA) is 128 Å². The second kappa shape index (κ2) is 9.97. The highest BCUT2D eigenvalue weighted by Gasteiger charge is 2.22. The molecule has 0 fully saturated rings. The van der Waals surface area contributed by atoms with E-state index in [0.717, 1.165) is 0 Å². The van der Waals surface area contributed by atoms with E-state index < -0.39 is 27.9 Å². The summed E-state index contributed by atoms with van der Waals surface area (Å²) >= 11 is 0. The van der Waals surface area contributed by atoms with Crippen molar-refractivity contribution in [1.82, 2.24) is 5.32 Å². The Morgan fingerprint density at radius 1 is 0.969 bits per heavy atom. The first-order valence-electron chi connectivity index (χ1n) is 9.81. The Morgan fingerprint density at radius 2 is 1.66 bits per heavy atom. The first-order chi connectivity index (χ1) is 15.3. The zero-order valence-corrected chi connectivity index (χ0v) is 18.1. The van der Waals surface area contributed by atoms with Crippen molar-refractivity contribution in [2.24, 2.45) is 5.73 Å². The Labute approximate surface area is 186 Å². The highest BCUT2D eigenvalue weighted by atomic mass is 32.2. The molecule has 1 unspecified atom stereocenters. The summed E-state index contributed by atoms with van der Waals surface area (Å²) in [5.41, 5.74) is 6.38. The number of hydrogen-bond donors (Lipinski definition) is 3. The number of primary amides is 1. The van der Waals surface area contributed by atoms with E-state index in [1.807, 2.05) is 6.92 Å². The predicted octanol–water partition coefficient (Wildman–Crippen LogP) is 2.84. The number of amides is 2. The van der Waals surface area contributed by atoms with E-state index in [9.17, 15) is 18.0 Å². The van der Waals surface area contributed by atoms with Crippen molar-refractivity contribution in [2.45, 2.75) is 17.9 Å². The van der Waals surface area contributed by atoms with Gasteiger partial charge in [-0.25, -0.2) is 8.42 Å². The molecule has 3 aromatic rings. The monoisotopic (exact) mass is 453 g/mol. The molecular weight excluding hydrogens is 430 g/mol. The molecular formula is C23H23N3O5S. The van der Waals surface area contributed by atoms with Gasteiger partial charge in [0.05, 0.1) is 11.5 Å². The Kier molecular flexibility index (Phi) is 7.11. The second-order valence-electron chi connectivity index (χ2n) is 6.81. The summed E-state index contributed by atoms with van der Waals surface area (Å²) in [5.74, 6) is -0.738. The first-order valence-corrected chi connectivity index (χ1v) is 11.3. The number of carbonyl (C=O) groups is 2. The fourth-order valence-corrected chi connectivity index (χ4v) is 4.09. The fourth-order valence-electron chi connectivity index (χ4n) is 2.98. The van der Waals surface area contributed by atoms with Gasteiger partial charge in [-0.15, -0.1) is 0 Å². The van der Waals surface area contributed by atoms with Gasteiger partial charge in [-0.05, 0) is 55.0 Å². The molecule has 4 N–H and O–H groups in total. The second-order valence-corrected chi connectivity index (χ2v) is 8.49. The lowest BCUT2D eigenvalue weighted by molar-refractivity contribution is -0.120. The molecule has 0 aliphatic carbocycles. The lowest BCUT2D eigenvalue weighted by Crippen LogP contribution is -2.37. The number of benzene rings is 3. The van der Waals surface area contributed by atoms with Crippen LogP contribution in [0.25, 0.3) is 0 Å². The van der Waals surface area contributed by atoms with Crippen molar-refractivity contribution in [1.29, 1.82) is 0 Å². The summed E-state index contributed by atoms with van der Waals surface area (Å²) < 4.78 is 33.4. The molecule has 32 heavy (non-hydrogen) atoms. The maximum atomic E-state index is 12.8. The van der Waals surface area contributed by atoms with Gasteiger partial charge in [0.25, 0.3) is 15.9 Å². The van der Waals surface area contributed by atoms with Crippen molar-refractivity contribution in [3.8, 4) is 5.75 Å². The number of anilines is 1. The molecule has 0 saturated carbocycles. The predicted molar refractivity (Wildman–Crippen MR) is 121 cm³/mol. The van der Waals surface area contributed by atoms with Crippen molar-refractivity contribution >= 4 is 27.5 Å². The number of sulfonamides is 1. The van der Waals surface area contributed by atoms with Crippen LogP contribution in [0, 0.1) is 0 Å². The van der Waals surface area contributed by atoms with Crippen molar-refractivity contribution in [3.05, 3.63) is 90.0 Å². The van der Waals surface area contributed by atoms with Crippen molar-refractivity contribution in [2.75, 3.05) is 11.3 Å². The lowest BCUT2D eigenvalue weighted by Gasteiger charge is -2.16. The number of ether oxygens (including phenoxy) is 1. The summed E-state index contributed by atoms with van der Waals surface area (Å²) in [5, 5.41) is 2.55. The molecule has 0 heterocycles. The summed E-state index contributed by atoms with van der Waals surface area (Å²) in [4.78, 5) is 24.5. The van der Waals surface area contributed by atoms with Crippen LogP contribution >= 0.6 is 0 Å². The Bertz CT molecular complexity index is 1200. The largest absolute Gasteiger partial charge is 0.494 e. The van der Waals surface area contributed by atoms with Crippen LogP contribution in [-0.4, -0.2) is 26.8 Å². The fraction of sp³-hybridized carbons (Fsp3) is 0.130. The third-order valence-electron chi connectivity index (χ3n) is 4.52. The van der Waals surface area contributed by atoms with Crippen molar-refractivity contribution < 1.29 is 22.7 Å². The van der Waals surface area contributed by atoms with Crippen LogP contribution in [0.1, 0.15) is 28.9 Å². The zero-order valence-electron chi connectivity index (χ0n) is 17.3. The SMILES string of the molecule is CCOc1ccc(NS(=O)(=O)c2cccc(C(=O)NC(C(N)=O)c3ccccc3)c2)cc1. The third-order valence-corrected chi connectivity index (χ3v) is 5.90. The Hall–Kier alpha value is -3.85. The smallest absolute Gasteiger partial charge is 0.261 e. The summed E-state index contributed by atoms with van der Waals surface area (Å²) in [6.45, 7) is 2.35. The van der Waals surface area contributed by atoms with Crippen LogP contribution in [0.15, 0.2) is 83.8 Å². The number of nitrogens with one attached hydrogen (secondary N) is 2. The Balaban J connectivity index is 1.78.